The number of fused-ring (bicyclic) bond motifs is 1. The summed E-state index contributed by atoms with van der Waals surface area (Å²) in [5, 5.41) is 2.53. The number of pyridine rings is 1. The van der Waals surface area contributed by atoms with Crippen LogP contribution >= 0.6 is 11.6 Å². The van der Waals surface area contributed by atoms with Crippen LogP contribution in [0.15, 0.2) is 12.3 Å². The third-order valence-electron chi connectivity index (χ3n) is 3.17. The normalized spacial score (nSPS) is 14.2. The first-order chi connectivity index (χ1) is 9.45. The maximum atomic E-state index is 12.1. The summed E-state index contributed by atoms with van der Waals surface area (Å²) in [5.41, 5.74) is 2.49. The minimum absolute atomic E-state index is 0.0623. The van der Waals surface area contributed by atoms with Crippen molar-refractivity contribution in [3.05, 3.63) is 23.7 Å². The predicted molar refractivity (Wildman–Crippen MR) is 79.9 cm³/mol. The predicted octanol–water partition coefficient (Wildman–Crippen LogP) is 2.74. The first-order valence-electron chi connectivity index (χ1n) is 6.72. The fourth-order valence-electron chi connectivity index (χ4n) is 2.20. The number of aryl methyl sites for hydroxylation is 1. The highest BCUT2D eigenvalue weighted by Gasteiger charge is 2.24. The van der Waals surface area contributed by atoms with Gasteiger partial charge in [0.05, 0.1) is 5.38 Å². The Hall–Kier alpha value is -1.62. The lowest BCUT2D eigenvalue weighted by Gasteiger charge is -2.17. The van der Waals surface area contributed by atoms with Crippen molar-refractivity contribution in [1.29, 1.82) is 0 Å². The molecule has 2 aromatic rings. The number of hydrogen-bond donors (Lipinski definition) is 1. The Labute approximate surface area is 123 Å². The summed E-state index contributed by atoms with van der Waals surface area (Å²) in [7, 11) is 0. The maximum absolute atomic E-state index is 12.1. The smallest absolute Gasteiger partial charge is 0.242 e. The first kappa shape index (κ1) is 14.8. The lowest BCUT2D eigenvalue weighted by Crippen LogP contribution is -2.31. The minimum Gasteiger partial charge on any atom is -0.355 e. The van der Waals surface area contributed by atoms with Crippen molar-refractivity contribution < 1.29 is 4.79 Å². The molecule has 20 heavy (non-hydrogen) atoms. The van der Waals surface area contributed by atoms with Crippen LogP contribution in [0.2, 0.25) is 0 Å². The number of rotatable bonds is 4. The van der Waals surface area contributed by atoms with E-state index in [4.69, 9.17) is 11.6 Å². The number of carbonyl (C=O) groups excluding carboxylic acids is 1. The van der Waals surface area contributed by atoms with Crippen molar-refractivity contribution in [3.8, 4) is 0 Å². The topological polar surface area (TPSA) is 59.8 Å². The summed E-state index contributed by atoms with van der Waals surface area (Å²) in [6.45, 7) is 8.12. The molecule has 0 bridgehead atoms. The second-order valence-corrected chi connectivity index (χ2v) is 5.54. The van der Waals surface area contributed by atoms with Crippen LogP contribution in [0.4, 0.5) is 0 Å². The molecule has 2 rings (SSSR count). The lowest BCUT2D eigenvalue weighted by molar-refractivity contribution is -0.123. The molecule has 108 valence electrons. The van der Waals surface area contributed by atoms with Gasteiger partial charge in [0.2, 0.25) is 5.91 Å². The van der Waals surface area contributed by atoms with Gasteiger partial charge in [0.1, 0.15) is 17.4 Å². The van der Waals surface area contributed by atoms with Gasteiger partial charge < -0.3 is 5.32 Å². The zero-order valence-electron chi connectivity index (χ0n) is 12.1. The molecule has 2 aromatic heterocycles. The van der Waals surface area contributed by atoms with E-state index in [2.05, 4.69) is 15.3 Å². The van der Waals surface area contributed by atoms with Gasteiger partial charge in [-0.25, -0.2) is 9.97 Å². The highest BCUT2D eigenvalue weighted by atomic mass is 35.5. The standard InChI is InChI=1S/C14H19ClN4O/c1-5-16-14(20)10(4)19-12(9(3)15)18-11-6-8(2)7-17-13(11)19/h6-7,9-10H,5H2,1-4H3,(H,16,20). The Morgan fingerprint density at radius 3 is 2.80 bits per heavy atom. The molecular weight excluding hydrogens is 276 g/mol. The lowest BCUT2D eigenvalue weighted by atomic mass is 10.2. The number of nitrogens with one attached hydrogen (secondary N) is 1. The van der Waals surface area contributed by atoms with Crippen molar-refractivity contribution >= 4 is 28.7 Å². The highest BCUT2D eigenvalue weighted by molar-refractivity contribution is 6.20. The quantitative estimate of drug-likeness (QED) is 0.882. The van der Waals surface area contributed by atoms with E-state index < -0.39 is 6.04 Å². The maximum Gasteiger partial charge on any atom is 0.242 e. The third-order valence-corrected chi connectivity index (χ3v) is 3.36. The Kier molecular flexibility index (Phi) is 4.28. The molecule has 0 aliphatic carbocycles. The number of hydrogen-bond acceptors (Lipinski definition) is 3. The highest BCUT2D eigenvalue weighted by Crippen LogP contribution is 2.27. The summed E-state index contributed by atoms with van der Waals surface area (Å²) in [6.07, 6.45) is 1.77. The van der Waals surface area contributed by atoms with Crippen molar-refractivity contribution in [2.75, 3.05) is 6.54 Å². The van der Waals surface area contributed by atoms with Crippen LogP contribution in [-0.4, -0.2) is 27.0 Å². The summed E-state index contributed by atoms with van der Waals surface area (Å²) >= 11 is 6.20. The van der Waals surface area contributed by atoms with E-state index in [1.165, 1.54) is 0 Å². The molecular formula is C14H19ClN4O. The van der Waals surface area contributed by atoms with Crippen molar-refractivity contribution in [1.82, 2.24) is 19.9 Å². The van der Waals surface area contributed by atoms with Gasteiger partial charge in [0, 0.05) is 12.7 Å². The van der Waals surface area contributed by atoms with Crippen LogP contribution in [0.1, 0.15) is 43.6 Å². The molecule has 0 saturated carbocycles. The SMILES string of the molecule is CCNC(=O)C(C)n1c(C(C)Cl)nc2cc(C)cnc21. The number of imidazole rings is 1. The van der Waals surface area contributed by atoms with Crippen molar-refractivity contribution in [2.24, 2.45) is 0 Å². The van der Waals surface area contributed by atoms with Gasteiger partial charge in [0.15, 0.2) is 5.65 Å². The summed E-state index contributed by atoms with van der Waals surface area (Å²) < 4.78 is 1.82. The zero-order chi connectivity index (χ0) is 14.9. The first-order valence-corrected chi connectivity index (χ1v) is 7.15. The van der Waals surface area contributed by atoms with E-state index in [0.29, 0.717) is 18.0 Å². The van der Waals surface area contributed by atoms with Crippen LogP contribution < -0.4 is 5.32 Å². The van der Waals surface area contributed by atoms with Gasteiger partial charge in [-0.3, -0.25) is 9.36 Å². The van der Waals surface area contributed by atoms with Gasteiger partial charge in [-0.1, -0.05) is 0 Å². The van der Waals surface area contributed by atoms with E-state index in [1.54, 1.807) is 6.20 Å². The van der Waals surface area contributed by atoms with Gasteiger partial charge in [0.25, 0.3) is 0 Å². The van der Waals surface area contributed by atoms with Crippen LogP contribution in [0, 0.1) is 6.92 Å². The summed E-state index contributed by atoms with van der Waals surface area (Å²) in [6, 6.07) is 1.55. The molecule has 1 N–H and O–H groups in total. The number of nitrogens with zero attached hydrogens (tertiary/aromatic N) is 3. The molecule has 0 saturated heterocycles. The number of carbonyl (C=O) groups is 1. The van der Waals surface area contributed by atoms with Gasteiger partial charge in [-0.2, -0.15) is 0 Å². The van der Waals surface area contributed by atoms with Crippen LogP contribution in [0.5, 0.6) is 0 Å². The molecule has 2 unspecified atom stereocenters. The molecule has 6 heteroatoms. The van der Waals surface area contributed by atoms with E-state index in [1.807, 2.05) is 38.3 Å². The molecule has 2 heterocycles. The molecule has 0 aliphatic heterocycles. The van der Waals surface area contributed by atoms with Crippen LogP contribution in [0.3, 0.4) is 0 Å². The number of aromatic nitrogens is 3. The average molecular weight is 295 g/mol. The monoisotopic (exact) mass is 294 g/mol. The third kappa shape index (κ3) is 2.63. The number of amides is 1. The van der Waals surface area contributed by atoms with Gasteiger partial charge >= 0.3 is 0 Å². The van der Waals surface area contributed by atoms with E-state index in [-0.39, 0.29) is 11.3 Å². The Bertz CT molecular complexity index is 635. The molecule has 0 fully saturated rings. The minimum atomic E-state index is -0.397. The number of alkyl halides is 1. The summed E-state index contributed by atoms with van der Waals surface area (Å²) in [4.78, 5) is 21.0. The summed E-state index contributed by atoms with van der Waals surface area (Å²) in [5.74, 6) is 0.603. The molecule has 1 amide bonds. The zero-order valence-corrected chi connectivity index (χ0v) is 12.9. The number of halogens is 1. The molecule has 0 radical (unpaired) electrons. The van der Waals surface area contributed by atoms with Crippen LogP contribution in [-0.2, 0) is 4.79 Å². The largest absolute Gasteiger partial charge is 0.355 e. The number of likely N-dealkylation sites (N-methyl/N-ethyl adjacent to an activating group) is 1. The fraction of sp³-hybridized carbons (Fsp3) is 0.500. The fourth-order valence-corrected chi connectivity index (χ4v) is 2.36. The second-order valence-electron chi connectivity index (χ2n) is 4.88. The second kappa shape index (κ2) is 5.79. The molecule has 0 spiro atoms. The van der Waals surface area contributed by atoms with Crippen molar-refractivity contribution in [3.63, 3.8) is 0 Å². The molecule has 2 atom stereocenters. The van der Waals surface area contributed by atoms with Crippen LogP contribution in [0.25, 0.3) is 11.2 Å². The van der Waals surface area contributed by atoms with E-state index in [0.717, 1.165) is 11.1 Å². The average Bonchev–Trinajstić information content (AvgIpc) is 2.76. The van der Waals surface area contributed by atoms with E-state index in [9.17, 15) is 4.79 Å². The molecule has 5 nitrogen and oxygen atoms in total. The van der Waals surface area contributed by atoms with E-state index >= 15 is 0 Å². The molecule has 0 aliphatic rings. The van der Waals surface area contributed by atoms with Gasteiger partial charge in [-0.15, -0.1) is 11.6 Å². The van der Waals surface area contributed by atoms with Crippen molar-refractivity contribution in [2.45, 2.75) is 39.1 Å². The Morgan fingerprint density at radius 1 is 1.50 bits per heavy atom. The molecule has 0 aromatic carbocycles. The Morgan fingerprint density at radius 2 is 2.20 bits per heavy atom. The Balaban J connectivity index is 2.59. The van der Waals surface area contributed by atoms with Gasteiger partial charge in [-0.05, 0) is 39.3 Å².